The van der Waals surface area contributed by atoms with Crippen LogP contribution in [0, 0.1) is 0 Å². The molecule has 2 aromatic rings. The summed E-state index contributed by atoms with van der Waals surface area (Å²) in [6.07, 6.45) is 6.63. The van der Waals surface area contributed by atoms with Crippen LogP contribution in [-0.2, 0) is 0 Å². The van der Waals surface area contributed by atoms with Gasteiger partial charge in [-0.2, -0.15) is 0 Å². The molecule has 0 bridgehead atoms. The number of hydrogen-bond donors (Lipinski definition) is 1. The Morgan fingerprint density at radius 3 is 2.70 bits per heavy atom. The predicted molar refractivity (Wildman–Crippen MR) is 85.4 cm³/mol. The molecule has 20 heavy (non-hydrogen) atoms. The smallest absolute Gasteiger partial charge is 0.159 e. The maximum absolute atomic E-state index is 11.4. The molecule has 106 valence electrons. The van der Waals surface area contributed by atoms with E-state index in [-0.39, 0.29) is 5.78 Å². The second kappa shape index (κ2) is 6.08. The van der Waals surface area contributed by atoms with Crippen LogP contribution in [0.1, 0.15) is 62.4 Å². The largest absolute Gasteiger partial charge is 0.361 e. The molecular formula is C18H23NO. The van der Waals surface area contributed by atoms with E-state index in [0.717, 1.165) is 23.9 Å². The molecule has 0 spiro atoms. The van der Waals surface area contributed by atoms with Gasteiger partial charge in [0.05, 0.1) is 0 Å². The molecule has 1 N–H and O–H groups in total. The third kappa shape index (κ3) is 3.19. The fourth-order valence-electron chi connectivity index (χ4n) is 2.55. The summed E-state index contributed by atoms with van der Waals surface area (Å²) in [6, 6.07) is 5.93. The zero-order chi connectivity index (χ0) is 14.7. The average Bonchev–Trinajstić information content (AvgIpc) is 2.80. The molecule has 0 radical (unpaired) electrons. The molecule has 2 nitrogen and oxygen atoms in total. The first-order valence-electron chi connectivity index (χ1n) is 7.24. The molecule has 0 aliphatic rings. The second-order valence-corrected chi connectivity index (χ2v) is 5.82. The number of carbonyl (C=O) groups is 1. The summed E-state index contributed by atoms with van der Waals surface area (Å²) in [7, 11) is 0. The normalized spacial score (nSPS) is 12.4. The summed E-state index contributed by atoms with van der Waals surface area (Å²) < 4.78 is 0. The maximum atomic E-state index is 11.4. The zero-order valence-electron chi connectivity index (χ0n) is 12.8. The van der Waals surface area contributed by atoms with Gasteiger partial charge in [-0.1, -0.05) is 30.7 Å². The number of carbonyl (C=O) groups excluding carboxylic acids is 1. The summed E-state index contributed by atoms with van der Waals surface area (Å²) in [5.41, 5.74) is 4.55. The lowest BCUT2D eigenvalue weighted by molar-refractivity contribution is 0.101. The monoisotopic (exact) mass is 269 g/mol. The first-order valence-corrected chi connectivity index (χ1v) is 7.24. The van der Waals surface area contributed by atoms with E-state index < -0.39 is 0 Å². The molecule has 0 amide bonds. The highest BCUT2D eigenvalue weighted by Crippen LogP contribution is 2.29. The molecule has 1 aromatic carbocycles. The molecule has 1 atom stereocenters. The summed E-state index contributed by atoms with van der Waals surface area (Å²) in [4.78, 5) is 14.7. The lowest BCUT2D eigenvalue weighted by atomic mass is 9.95. The molecule has 0 aliphatic carbocycles. The van der Waals surface area contributed by atoms with Crippen LogP contribution in [0.25, 0.3) is 10.9 Å². The highest BCUT2D eigenvalue weighted by molar-refractivity contribution is 5.98. The molecule has 0 fully saturated rings. The van der Waals surface area contributed by atoms with Gasteiger partial charge in [0.25, 0.3) is 0 Å². The van der Waals surface area contributed by atoms with Crippen molar-refractivity contribution in [2.75, 3.05) is 0 Å². The number of aromatic amines is 1. The zero-order valence-corrected chi connectivity index (χ0v) is 12.8. The Morgan fingerprint density at radius 1 is 1.30 bits per heavy atom. The standard InChI is InChI=1S/C18H23NO/c1-12(2)6-5-7-13(3)17-11-19-18-10-15(14(4)20)8-9-16(17)18/h6,8-11,13,19H,5,7H2,1-4H3/t13-/m0/s1. The van der Waals surface area contributed by atoms with Gasteiger partial charge in [-0.15, -0.1) is 0 Å². The third-order valence-corrected chi connectivity index (χ3v) is 3.80. The van der Waals surface area contributed by atoms with Crippen LogP contribution >= 0.6 is 0 Å². The fourth-order valence-corrected chi connectivity index (χ4v) is 2.55. The highest BCUT2D eigenvalue weighted by Gasteiger charge is 2.11. The van der Waals surface area contributed by atoms with Crippen LogP contribution in [0.4, 0.5) is 0 Å². The van der Waals surface area contributed by atoms with Crippen LogP contribution in [-0.4, -0.2) is 10.8 Å². The van der Waals surface area contributed by atoms with E-state index in [9.17, 15) is 4.79 Å². The van der Waals surface area contributed by atoms with Crippen molar-refractivity contribution >= 4 is 16.7 Å². The Labute approximate surface area is 120 Å². The van der Waals surface area contributed by atoms with Gasteiger partial charge in [0.15, 0.2) is 5.78 Å². The number of aromatic nitrogens is 1. The van der Waals surface area contributed by atoms with Crippen molar-refractivity contribution in [3.63, 3.8) is 0 Å². The topological polar surface area (TPSA) is 32.9 Å². The molecule has 0 unspecified atom stereocenters. The van der Waals surface area contributed by atoms with Gasteiger partial charge in [0.1, 0.15) is 0 Å². The van der Waals surface area contributed by atoms with Crippen LogP contribution < -0.4 is 0 Å². The summed E-state index contributed by atoms with van der Waals surface area (Å²) >= 11 is 0. The van der Waals surface area contributed by atoms with Gasteiger partial charge in [0, 0.05) is 22.7 Å². The van der Waals surface area contributed by atoms with E-state index in [0.29, 0.717) is 5.92 Å². The average molecular weight is 269 g/mol. The van der Waals surface area contributed by atoms with Crippen molar-refractivity contribution in [3.05, 3.63) is 47.2 Å². The van der Waals surface area contributed by atoms with Crippen molar-refractivity contribution in [1.29, 1.82) is 0 Å². The second-order valence-electron chi connectivity index (χ2n) is 5.82. The molecule has 1 heterocycles. The SMILES string of the molecule is CC(=O)c1ccc2c([C@@H](C)CCC=C(C)C)c[nH]c2c1. The first-order chi connectivity index (χ1) is 9.49. The Bertz CT molecular complexity index is 644. The molecule has 2 heteroatoms. The Hall–Kier alpha value is -1.83. The quantitative estimate of drug-likeness (QED) is 0.585. The molecule has 1 aromatic heterocycles. The van der Waals surface area contributed by atoms with Gasteiger partial charge >= 0.3 is 0 Å². The molecule has 0 saturated carbocycles. The minimum atomic E-state index is 0.111. The number of H-pyrrole nitrogens is 1. The number of Topliss-reactive ketones (excluding diaryl/α,β-unsaturated/α-hetero) is 1. The summed E-state index contributed by atoms with van der Waals surface area (Å²) in [5.74, 6) is 0.627. The number of benzene rings is 1. The Kier molecular flexibility index (Phi) is 4.43. The van der Waals surface area contributed by atoms with E-state index in [1.807, 2.05) is 12.1 Å². The van der Waals surface area contributed by atoms with Crippen LogP contribution in [0.3, 0.4) is 0 Å². The molecule has 0 aliphatic heterocycles. The van der Waals surface area contributed by atoms with Gasteiger partial charge in [0.2, 0.25) is 0 Å². The van der Waals surface area contributed by atoms with Crippen LogP contribution in [0.15, 0.2) is 36.0 Å². The highest BCUT2D eigenvalue weighted by atomic mass is 16.1. The van der Waals surface area contributed by atoms with Crippen molar-refractivity contribution in [1.82, 2.24) is 4.98 Å². The van der Waals surface area contributed by atoms with Gasteiger partial charge in [-0.05, 0) is 51.2 Å². The maximum Gasteiger partial charge on any atom is 0.159 e. The van der Waals surface area contributed by atoms with Crippen molar-refractivity contribution in [2.24, 2.45) is 0 Å². The number of fused-ring (bicyclic) bond motifs is 1. The minimum Gasteiger partial charge on any atom is -0.361 e. The fraction of sp³-hybridized carbons (Fsp3) is 0.389. The van der Waals surface area contributed by atoms with E-state index in [1.165, 1.54) is 16.5 Å². The Morgan fingerprint density at radius 2 is 2.05 bits per heavy atom. The summed E-state index contributed by atoms with van der Waals surface area (Å²) in [5, 5.41) is 1.24. The molecular weight excluding hydrogens is 246 g/mol. The lowest BCUT2D eigenvalue weighted by Gasteiger charge is -2.09. The van der Waals surface area contributed by atoms with Crippen LogP contribution in [0.5, 0.6) is 0 Å². The number of nitrogens with one attached hydrogen (secondary N) is 1. The van der Waals surface area contributed by atoms with Crippen molar-refractivity contribution in [3.8, 4) is 0 Å². The van der Waals surface area contributed by atoms with E-state index in [4.69, 9.17) is 0 Å². The van der Waals surface area contributed by atoms with E-state index in [1.54, 1.807) is 6.92 Å². The van der Waals surface area contributed by atoms with E-state index in [2.05, 4.69) is 44.1 Å². The lowest BCUT2D eigenvalue weighted by Crippen LogP contribution is -1.93. The Balaban J connectivity index is 2.22. The van der Waals surface area contributed by atoms with Crippen LogP contribution in [0.2, 0.25) is 0 Å². The number of allylic oxidation sites excluding steroid dienone is 2. The third-order valence-electron chi connectivity index (χ3n) is 3.80. The number of hydrogen-bond acceptors (Lipinski definition) is 1. The number of ketones is 1. The van der Waals surface area contributed by atoms with Gasteiger partial charge in [-0.3, -0.25) is 4.79 Å². The van der Waals surface area contributed by atoms with Crippen molar-refractivity contribution < 1.29 is 4.79 Å². The van der Waals surface area contributed by atoms with Gasteiger partial charge in [-0.25, -0.2) is 0 Å². The van der Waals surface area contributed by atoms with Gasteiger partial charge < -0.3 is 4.98 Å². The van der Waals surface area contributed by atoms with E-state index >= 15 is 0 Å². The molecule has 0 saturated heterocycles. The predicted octanol–water partition coefficient (Wildman–Crippen LogP) is 5.22. The number of rotatable bonds is 5. The summed E-state index contributed by atoms with van der Waals surface area (Å²) in [6.45, 7) is 8.15. The molecule has 2 rings (SSSR count). The first kappa shape index (κ1) is 14.6. The van der Waals surface area contributed by atoms with Crippen molar-refractivity contribution in [2.45, 2.75) is 46.5 Å². The minimum absolute atomic E-state index is 0.111.